The molecule has 1 unspecified atom stereocenters. The summed E-state index contributed by atoms with van der Waals surface area (Å²) in [6.45, 7) is 7.39. The number of unbranched alkanes of at least 4 members (excludes halogenated alkanes) is 3. The Balaban J connectivity index is 2.47. The molecule has 1 N–H and O–H groups in total. The Morgan fingerprint density at radius 3 is 2.75 bits per heavy atom. The Hall–Kier alpha value is -0.870. The van der Waals surface area contributed by atoms with Gasteiger partial charge in [-0.15, -0.1) is 0 Å². The number of aromatic nitrogens is 2. The second kappa shape index (κ2) is 9.94. The van der Waals surface area contributed by atoms with Crippen LogP contribution in [0.2, 0.25) is 5.15 Å². The van der Waals surface area contributed by atoms with Crippen molar-refractivity contribution < 1.29 is 4.74 Å². The van der Waals surface area contributed by atoms with E-state index in [0.717, 1.165) is 12.2 Å². The van der Waals surface area contributed by atoms with E-state index < -0.39 is 0 Å². The van der Waals surface area contributed by atoms with E-state index in [0.29, 0.717) is 30.2 Å². The molecule has 1 heterocycles. The Labute approximate surface area is 127 Å². The highest BCUT2D eigenvalue weighted by atomic mass is 35.5. The molecule has 0 saturated heterocycles. The lowest BCUT2D eigenvalue weighted by Crippen LogP contribution is -2.16. The van der Waals surface area contributed by atoms with Crippen molar-refractivity contribution in [3.05, 3.63) is 17.0 Å². The first-order valence-corrected chi connectivity index (χ1v) is 7.91. The summed E-state index contributed by atoms with van der Waals surface area (Å²) in [5.41, 5.74) is 0. The third-order valence-electron chi connectivity index (χ3n) is 3.06. The second-order valence-corrected chi connectivity index (χ2v) is 5.41. The topological polar surface area (TPSA) is 47.0 Å². The summed E-state index contributed by atoms with van der Waals surface area (Å²) < 4.78 is 5.31. The molecule has 1 aromatic rings. The molecule has 0 fully saturated rings. The zero-order valence-corrected chi connectivity index (χ0v) is 13.5. The zero-order chi connectivity index (χ0) is 14.8. The Morgan fingerprint density at radius 1 is 1.25 bits per heavy atom. The minimum Gasteiger partial charge on any atom is -0.374 e. The average Bonchev–Trinajstić information content (AvgIpc) is 2.41. The third kappa shape index (κ3) is 7.06. The van der Waals surface area contributed by atoms with Crippen LogP contribution in [0.4, 0.5) is 5.82 Å². The molecular formula is C15H26ClN3O. The lowest BCUT2D eigenvalue weighted by Gasteiger charge is -2.15. The number of nitrogens with one attached hydrogen (secondary N) is 1. The van der Waals surface area contributed by atoms with Gasteiger partial charge in [0.2, 0.25) is 0 Å². The van der Waals surface area contributed by atoms with Gasteiger partial charge in [-0.2, -0.15) is 0 Å². The van der Waals surface area contributed by atoms with Crippen LogP contribution in [0, 0.1) is 0 Å². The molecule has 0 bridgehead atoms. The summed E-state index contributed by atoms with van der Waals surface area (Å²) >= 11 is 6.01. The van der Waals surface area contributed by atoms with Gasteiger partial charge in [-0.1, -0.05) is 44.2 Å². The van der Waals surface area contributed by atoms with Crippen LogP contribution in [0.1, 0.15) is 58.7 Å². The van der Waals surface area contributed by atoms with Crippen molar-refractivity contribution >= 4 is 17.4 Å². The Bertz CT molecular complexity index is 387. The number of ether oxygens (including phenoxy) is 1. The maximum atomic E-state index is 6.01. The first kappa shape index (κ1) is 17.2. The highest BCUT2D eigenvalue weighted by molar-refractivity contribution is 6.29. The fourth-order valence-electron chi connectivity index (χ4n) is 2.00. The summed E-state index contributed by atoms with van der Waals surface area (Å²) in [4.78, 5) is 8.58. The van der Waals surface area contributed by atoms with E-state index >= 15 is 0 Å². The SMILES string of the molecule is CCCCCCC(C)Nc1cc(Cl)nc(COCC)n1. The van der Waals surface area contributed by atoms with E-state index in [1.54, 1.807) is 6.07 Å². The fourth-order valence-corrected chi connectivity index (χ4v) is 2.20. The largest absolute Gasteiger partial charge is 0.374 e. The predicted molar refractivity (Wildman–Crippen MR) is 84.2 cm³/mol. The zero-order valence-electron chi connectivity index (χ0n) is 12.8. The van der Waals surface area contributed by atoms with E-state index in [-0.39, 0.29) is 0 Å². The highest BCUT2D eigenvalue weighted by Gasteiger charge is 2.07. The van der Waals surface area contributed by atoms with Crippen LogP contribution < -0.4 is 5.32 Å². The molecule has 114 valence electrons. The van der Waals surface area contributed by atoms with Gasteiger partial charge >= 0.3 is 0 Å². The fraction of sp³-hybridized carbons (Fsp3) is 0.733. The van der Waals surface area contributed by atoms with Gasteiger partial charge in [0.15, 0.2) is 5.82 Å². The van der Waals surface area contributed by atoms with Crippen LogP contribution in [0.3, 0.4) is 0 Å². The van der Waals surface area contributed by atoms with Crippen molar-refractivity contribution in [2.24, 2.45) is 0 Å². The third-order valence-corrected chi connectivity index (χ3v) is 3.26. The van der Waals surface area contributed by atoms with Crippen LogP contribution in [0.15, 0.2) is 6.07 Å². The second-order valence-electron chi connectivity index (χ2n) is 5.02. The minimum atomic E-state index is 0.387. The highest BCUT2D eigenvalue weighted by Crippen LogP contribution is 2.15. The van der Waals surface area contributed by atoms with Crippen LogP contribution in [-0.4, -0.2) is 22.6 Å². The number of rotatable bonds is 10. The summed E-state index contributed by atoms with van der Waals surface area (Å²) in [6, 6.07) is 2.15. The van der Waals surface area contributed by atoms with Crippen molar-refractivity contribution in [2.75, 3.05) is 11.9 Å². The first-order valence-electron chi connectivity index (χ1n) is 7.53. The minimum absolute atomic E-state index is 0.387. The number of nitrogens with zero attached hydrogens (tertiary/aromatic N) is 2. The monoisotopic (exact) mass is 299 g/mol. The molecule has 0 aliphatic carbocycles. The van der Waals surface area contributed by atoms with E-state index in [1.165, 1.54) is 25.7 Å². The Morgan fingerprint density at radius 2 is 2.05 bits per heavy atom. The molecule has 0 aliphatic rings. The van der Waals surface area contributed by atoms with Crippen molar-refractivity contribution in [1.82, 2.24) is 9.97 Å². The van der Waals surface area contributed by atoms with Gasteiger partial charge < -0.3 is 10.1 Å². The normalized spacial score (nSPS) is 12.4. The molecule has 5 heteroatoms. The molecular weight excluding hydrogens is 274 g/mol. The predicted octanol–water partition coefficient (Wildman–Crippen LogP) is 4.44. The molecule has 1 atom stereocenters. The quantitative estimate of drug-likeness (QED) is 0.512. The van der Waals surface area contributed by atoms with Crippen molar-refractivity contribution in [3.8, 4) is 0 Å². The summed E-state index contributed by atoms with van der Waals surface area (Å²) in [7, 11) is 0. The van der Waals surface area contributed by atoms with Crippen molar-refractivity contribution in [1.29, 1.82) is 0 Å². The number of halogens is 1. The summed E-state index contributed by atoms with van der Waals surface area (Å²) in [5.74, 6) is 1.41. The standard InChI is InChI=1S/C15H26ClN3O/c1-4-6-7-8-9-12(3)17-14-10-13(16)18-15(19-14)11-20-5-2/h10,12H,4-9,11H2,1-3H3,(H,17,18,19). The van der Waals surface area contributed by atoms with Gasteiger partial charge in [0.1, 0.15) is 17.6 Å². The first-order chi connectivity index (χ1) is 9.65. The van der Waals surface area contributed by atoms with Gasteiger partial charge in [0, 0.05) is 18.7 Å². The maximum Gasteiger partial charge on any atom is 0.158 e. The molecule has 0 amide bonds. The molecule has 0 radical (unpaired) electrons. The van der Waals surface area contributed by atoms with Crippen molar-refractivity contribution in [3.63, 3.8) is 0 Å². The maximum absolute atomic E-state index is 6.01. The Kier molecular flexibility index (Phi) is 8.54. The molecule has 0 aliphatic heterocycles. The van der Waals surface area contributed by atoms with Gasteiger partial charge in [0.05, 0.1) is 0 Å². The molecule has 1 rings (SSSR count). The summed E-state index contributed by atoms with van der Waals surface area (Å²) in [5, 5.41) is 3.84. The molecule has 20 heavy (non-hydrogen) atoms. The van der Waals surface area contributed by atoms with Crippen molar-refractivity contribution in [2.45, 2.75) is 65.5 Å². The number of hydrogen-bond donors (Lipinski definition) is 1. The number of hydrogen-bond acceptors (Lipinski definition) is 4. The molecule has 0 aromatic carbocycles. The molecule has 0 spiro atoms. The van der Waals surface area contributed by atoms with Crippen LogP contribution in [-0.2, 0) is 11.3 Å². The van der Waals surface area contributed by atoms with E-state index in [1.807, 2.05) is 6.92 Å². The lowest BCUT2D eigenvalue weighted by atomic mass is 10.1. The van der Waals surface area contributed by atoms with Gasteiger partial charge in [0.25, 0.3) is 0 Å². The molecule has 4 nitrogen and oxygen atoms in total. The van der Waals surface area contributed by atoms with Crippen LogP contribution in [0.5, 0.6) is 0 Å². The average molecular weight is 300 g/mol. The van der Waals surface area contributed by atoms with E-state index in [4.69, 9.17) is 16.3 Å². The van der Waals surface area contributed by atoms with Crippen LogP contribution >= 0.6 is 11.6 Å². The van der Waals surface area contributed by atoms with Gasteiger partial charge in [-0.3, -0.25) is 0 Å². The van der Waals surface area contributed by atoms with Gasteiger partial charge in [-0.25, -0.2) is 9.97 Å². The smallest absolute Gasteiger partial charge is 0.158 e. The van der Waals surface area contributed by atoms with Gasteiger partial charge in [-0.05, 0) is 20.3 Å². The number of anilines is 1. The van der Waals surface area contributed by atoms with E-state index in [9.17, 15) is 0 Å². The van der Waals surface area contributed by atoms with E-state index in [2.05, 4.69) is 29.1 Å². The van der Waals surface area contributed by atoms with Crippen LogP contribution in [0.25, 0.3) is 0 Å². The lowest BCUT2D eigenvalue weighted by molar-refractivity contribution is 0.128. The molecule has 0 saturated carbocycles. The summed E-state index contributed by atoms with van der Waals surface area (Å²) in [6.07, 6.45) is 6.26. The molecule has 1 aromatic heterocycles.